The first-order valence-electron chi connectivity index (χ1n) is 3.79. The van der Waals surface area contributed by atoms with Crippen molar-refractivity contribution in [3.63, 3.8) is 0 Å². The van der Waals surface area contributed by atoms with E-state index in [9.17, 15) is 8.78 Å². The second kappa shape index (κ2) is 3.99. The first-order chi connectivity index (χ1) is 5.74. The zero-order valence-electron chi connectivity index (χ0n) is 6.77. The molecule has 0 aliphatic heterocycles. The number of halogens is 2. The maximum Gasteiger partial charge on any atom is 0.168 e. The summed E-state index contributed by atoms with van der Waals surface area (Å²) in [6.07, 6.45) is 1.86. The lowest BCUT2D eigenvalue weighted by Crippen LogP contribution is -2.04. The van der Waals surface area contributed by atoms with Crippen LogP contribution in [-0.2, 0) is 0 Å². The molecule has 1 heterocycles. The molecule has 1 rings (SSSR count). The van der Waals surface area contributed by atoms with E-state index in [1.807, 2.05) is 6.92 Å². The molecular formula is C8H10F2N2. The Kier molecular flexibility index (Phi) is 2.96. The first-order valence-corrected chi connectivity index (χ1v) is 3.79. The van der Waals surface area contributed by atoms with Crippen LogP contribution in [-0.4, -0.2) is 11.5 Å². The summed E-state index contributed by atoms with van der Waals surface area (Å²) in [5.41, 5.74) is 0. The molecule has 0 unspecified atom stereocenters. The molecule has 0 radical (unpaired) electrons. The smallest absolute Gasteiger partial charge is 0.168 e. The van der Waals surface area contributed by atoms with Crippen LogP contribution in [0.5, 0.6) is 0 Å². The molecule has 0 aliphatic rings. The molecular weight excluding hydrogens is 162 g/mol. The standard InChI is InChI=1S/C8H10F2N2/c1-2-3-11-8-7(10)4-6(9)5-12-8/h4-5H,2-3H2,1H3,(H,11,12). The third-order valence-electron chi connectivity index (χ3n) is 1.35. The minimum absolute atomic E-state index is 0.109. The van der Waals surface area contributed by atoms with Crippen molar-refractivity contribution >= 4 is 5.82 Å². The van der Waals surface area contributed by atoms with Crippen LogP contribution in [0.4, 0.5) is 14.6 Å². The van der Waals surface area contributed by atoms with E-state index in [1.54, 1.807) is 0 Å². The predicted molar refractivity (Wildman–Crippen MR) is 42.9 cm³/mol. The van der Waals surface area contributed by atoms with E-state index in [0.717, 1.165) is 18.7 Å². The van der Waals surface area contributed by atoms with E-state index >= 15 is 0 Å². The molecule has 1 aromatic heterocycles. The summed E-state index contributed by atoms with van der Waals surface area (Å²) in [5, 5.41) is 2.74. The summed E-state index contributed by atoms with van der Waals surface area (Å²) < 4.78 is 25.1. The quantitative estimate of drug-likeness (QED) is 0.755. The number of hydrogen-bond acceptors (Lipinski definition) is 2. The van der Waals surface area contributed by atoms with Crippen LogP contribution in [0.2, 0.25) is 0 Å². The maximum atomic E-state index is 12.8. The summed E-state index contributed by atoms with van der Waals surface area (Å²) >= 11 is 0. The molecule has 12 heavy (non-hydrogen) atoms. The SMILES string of the molecule is CCCNc1ncc(F)cc1F. The van der Waals surface area contributed by atoms with E-state index in [0.29, 0.717) is 6.54 Å². The Hall–Kier alpha value is -1.19. The number of rotatable bonds is 3. The van der Waals surface area contributed by atoms with Gasteiger partial charge in [-0.3, -0.25) is 0 Å². The van der Waals surface area contributed by atoms with Crippen LogP contribution in [0.15, 0.2) is 12.3 Å². The van der Waals surface area contributed by atoms with E-state index in [1.165, 1.54) is 0 Å². The number of nitrogens with zero attached hydrogens (tertiary/aromatic N) is 1. The van der Waals surface area contributed by atoms with Gasteiger partial charge in [-0.25, -0.2) is 13.8 Å². The Morgan fingerprint density at radius 1 is 1.50 bits per heavy atom. The molecule has 0 spiro atoms. The van der Waals surface area contributed by atoms with E-state index in [-0.39, 0.29) is 5.82 Å². The summed E-state index contributed by atoms with van der Waals surface area (Å²) in [7, 11) is 0. The fourth-order valence-electron chi connectivity index (χ4n) is 0.788. The highest BCUT2D eigenvalue weighted by Crippen LogP contribution is 2.10. The van der Waals surface area contributed by atoms with Gasteiger partial charge in [-0.1, -0.05) is 6.92 Å². The topological polar surface area (TPSA) is 24.9 Å². The molecule has 1 N–H and O–H groups in total. The Morgan fingerprint density at radius 2 is 2.25 bits per heavy atom. The highest BCUT2D eigenvalue weighted by atomic mass is 19.1. The molecule has 0 aliphatic carbocycles. The number of pyridine rings is 1. The summed E-state index contributed by atoms with van der Waals surface area (Å²) in [6, 6.07) is 0.811. The average Bonchev–Trinajstić information content (AvgIpc) is 2.03. The second-order valence-electron chi connectivity index (χ2n) is 2.41. The normalized spacial score (nSPS) is 9.92. The summed E-state index contributed by atoms with van der Waals surface area (Å²) in [4.78, 5) is 3.55. The third-order valence-corrected chi connectivity index (χ3v) is 1.35. The van der Waals surface area contributed by atoms with Gasteiger partial charge in [0.2, 0.25) is 0 Å². The van der Waals surface area contributed by atoms with Crippen molar-refractivity contribution < 1.29 is 8.78 Å². The lowest BCUT2D eigenvalue weighted by atomic mass is 10.4. The van der Waals surface area contributed by atoms with Gasteiger partial charge in [-0.15, -0.1) is 0 Å². The van der Waals surface area contributed by atoms with Gasteiger partial charge >= 0.3 is 0 Å². The Morgan fingerprint density at radius 3 is 2.83 bits per heavy atom. The minimum Gasteiger partial charge on any atom is -0.368 e. The Labute approximate surface area is 69.6 Å². The van der Waals surface area contributed by atoms with Crippen LogP contribution in [0.3, 0.4) is 0 Å². The zero-order valence-corrected chi connectivity index (χ0v) is 6.77. The monoisotopic (exact) mass is 172 g/mol. The van der Waals surface area contributed by atoms with E-state index in [2.05, 4.69) is 10.3 Å². The molecule has 0 amide bonds. The van der Waals surface area contributed by atoms with Gasteiger partial charge in [0.15, 0.2) is 11.6 Å². The van der Waals surface area contributed by atoms with E-state index in [4.69, 9.17) is 0 Å². The number of hydrogen-bond donors (Lipinski definition) is 1. The Bertz CT molecular complexity index is 263. The molecule has 0 saturated heterocycles. The number of aromatic nitrogens is 1. The first kappa shape index (κ1) is 8.90. The fraction of sp³-hybridized carbons (Fsp3) is 0.375. The molecule has 0 aromatic carbocycles. The average molecular weight is 172 g/mol. The van der Waals surface area contributed by atoms with Crippen molar-refractivity contribution in [3.05, 3.63) is 23.9 Å². The summed E-state index contributed by atoms with van der Waals surface area (Å²) in [5.74, 6) is -1.20. The highest BCUT2D eigenvalue weighted by molar-refractivity contribution is 5.35. The number of anilines is 1. The van der Waals surface area contributed by atoms with Gasteiger partial charge in [0.25, 0.3) is 0 Å². The van der Waals surface area contributed by atoms with Crippen molar-refractivity contribution in [1.82, 2.24) is 4.98 Å². The zero-order chi connectivity index (χ0) is 8.97. The molecule has 0 saturated carbocycles. The lowest BCUT2D eigenvalue weighted by Gasteiger charge is -2.03. The predicted octanol–water partition coefficient (Wildman–Crippen LogP) is 2.18. The van der Waals surface area contributed by atoms with Crippen LogP contribution in [0, 0.1) is 11.6 Å². The molecule has 0 bridgehead atoms. The molecule has 2 nitrogen and oxygen atoms in total. The fourth-order valence-corrected chi connectivity index (χ4v) is 0.788. The van der Waals surface area contributed by atoms with Crippen LogP contribution < -0.4 is 5.32 Å². The van der Waals surface area contributed by atoms with Crippen LogP contribution >= 0.6 is 0 Å². The summed E-state index contributed by atoms with van der Waals surface area (Å²) in [6.45, 7) is 2.59. The van der Waals surface area contributed by atoms with Crippen molar-refractivity contribution in [1.29, 1.82) is 0 Å². The van der Waals surface area contributed by atoms with Crippen LogP contribution in [0.1, 0.15) is 13.3 Å². The Balaban J connectivity index is 2.72. The van der Waals surface area contributed by atoms with Gasteiger partial charge in [0.1, 0.15) is 5.82 Å². The van der Waals surface area contributed by atoms with Crippen molar-refractivity contribution in [3.8, 4) is 0 Å². The lowest BCUT2D eigenvalue weighted by molar-refractivity contribution is 0.575. The maximum absolute atomic E-state index is 12.8. The van der Waals surface area contributed by atoms with Crippen molar-refractivity contribution in [2.24, 2.45) is 0 Å². The largest absolute Gasteiger partial charge is 0.368 e. The van der Waals surface area contributed by atoms with Gasteiger partial charge < -0.3 is 5.32 Å². The van der Waals surface area contributed by atoms with Crippen molar-refractivity contribution in [2.75, 3.05) is 11.9 Å². The van der Waals surface area contributed by atoms with Gasteiger partial charge in [0.05, 0.1) is 6.20 Å². The molecule has 66 valence electrons. The minimum atomic E-state index is -0.658. The van der Waals surface area contributed by atoms with Crippen molar-refractivity contribution in [2.45, 2.75) is 13.3 Å². The third kappa shape index (κ3) is 2.15. The molecule has 4 heteroatoms. The molecule has 1 aromatic rings. The van der Waals surface area contributed by atoms with Gasteiger partial charge in [-0.2, -0.15) is 0 Å². The van der Waals surface area contributed by atoms with E-state index < -0.39 is 11.6 Å². The van der Waals surface area contributed by atoms with Crippen LogP contribution in [0.25, 0.3) is 0 Å². The highest BCUT2D eigenvalue weighted by Gasteiger charge is 2.02. The molecule has 0 atom stereocenters. The second-order valence-corrected chi connectivity index (χ2v) is 2.41. The number of nitrogens with one attached hydrogen (secondary N) is 1. The molecule has 0 fully saturated rings. The van der Waals surface area contributed by atoms with Gasteiger partial charge in [-0.05, 0) is 6.42 Å². The van der Waals surface area contributed by atoms with Gasteiger partial charge in [0, 0.05) is 12.6 Å².